The number of benzene rings is 1. The van der Waals surface area contributed by atoms with Crippen molar-refractivity contribution in [3.63, 3.8) is 0 Å². The van der Waals surface area contributed by atoms with Crippen molar-refractivity contribution in [2.24, 2.45) is 0 Å². The molecule has 0 aliphatic heterocycles. The van der Waals surface area contributed by atoms with Crippen molar-refractivity contribution in [1.29, 1.82) is 0 Å². The van der Waals surface area contributed by atoms with E-state index < -0.39 is 35.9 Å². The van der Waals surface area contributed by atoms with E-state index in [0.717, 1.165) is 6.42 Å². The number of hydrogen-bond donors (Lipinski definition) is 2. The van der Waals surface area contributed by atoms with Crippen molar-refractivity contribution in [1.82, 2.24) is 10.3 Å². The molecule has 0 saturated carbocycles. The number of nitrogens with zero attached hydrogens (tertiary/aromatic N) is 1. The largest absolute Gasteiger partial charge is 0.503 e. The number of methoxy groups -OCH3 is 1. The zero-order valence-electron chi connectivity index (χ0n) is 20.3. The number of aromatic hydroxyl groups is 1. The highest BCUT2D eigenvalue weighted by Crippen LogP contribution is 2.27. The Morgan fingerprint density at radius 1 is 1.12 bits per heavy atom. The van der Waals surface area contributed by atoms with Gasteiger partial charge in [0.1, 0.15) is 17.9 Å². The van der Waals surface area contributed by atoms with Crippen LogP contribution in [0.5, 0.6) is 17.2 Å². The molecule has 2 aromatic rings. The molecule has 0 saturated heterocycles. The lowest BCUT2D eigenvalue weighted by Crippen LogP contribution is -2.47. The fraction of sp³-hybridized carbons (Fsp3) is 0.480. The van der Waals surface area contributed by atoms with Gasteiger partial charge in [0.15, 0.2) is 23.3 Å². The van der Waals surface area contributed by atoms with Crippen LogP contribution in [0.3, 0.4) is 0 Å². The lowest BCUT2D eigenvalue weighted by atomic mass is 10.1. The number of amides is 1. The fourth-order valence-corrected chi connectivity index (χ4v) is 3.29. The summed E-state index contributed by atoms with van der Waals surface area (Å²) in [5.74, 6) is -1.07. The van der Waals surface area contributed by atoms with Crippen molar-refractivity contribution in [2.45, 2.75) is 64.9 Å². The van der Waals surface area contributed by atoms with Gasteiger partial charge in [-0.1, -0.05) is 32.0 Å². The average molecular weight is 475 g/mol. The van der Waals surface area contributed by atoms with Gasteiger partial charge in [0, 0.05) is 18.9 Å². The van der Waals surface area contributed by atoms with Crippen LogP contribution in [0.25, 0.3) is 0 Å². The molecule has 0 bridgehead atoms. The zero-order valence-corrected chi connectivity index (χ0v) is 20.3. The van der Waals surface area contributed by atoms with E-state index in [1.54, 1.807) is 6.92 Å². The summed E-state index contributed by atoms with van der Waals surface area (Å²) in [6, 6.07) is 9.66. The van der Waals surface area contributed by atoms with E-state index in [1.165, 1.54) is 26.3 Å². The van der Waals surface area contributed by atoms with Crippen LogP contribution in [-0.4, -0.2) is 60.0 Å². The Balaban J connectivity index is 2.09. The molecule has 34 heavy (non-hydrogen) atoms. The highest BCUT2D eigenvalue weighted by atomic mass is 16.6. The van der Waals surface area contributed by atoms with E-state index in [-0.39, 0.29) is 17.5 Å². The van der Waals surface area contributed by atoms with E-state index >= 15 is 0 Å². The zero-order chi connectivity index (χ0) is 25.1. The molecule has 2 N–H and O–H groups in total. The van der Waals surface area contributed by atoms with E-state index in [2.05, 4.69) is 10.3 Å². The summed E-state index contributed by atoms with van der Waals surface area (Å²) in [6.45, 7) is 7.77. The molecule has 1 aromatic heterocycles. The number of carbonyl (C=O) groups excluding carboxylic acids is 2. The molecule has 1 aromatic carbocycles. The molecule has 0 radical (unpaired) electrons. The quantitative estimate of drug-likeness (QED) is 0.424. The molecule has 2 rings (SSSR count). The van der Waals surface area contributed by atoms with Gasteiger partial charge in [-0.2, -0.15) is 0 Å². The van der Waals surface area contributed by atoms with Crippen LogP contribution in [-0.2, 0) is 14.3 Å². The average Bonchev–Trinajstić information content (AvgIpc) is 2.84. The number of rotatable bonds is 13. The van der Waals surface area contributed by atoms with Gasteiger partial charge in [-0.3, -0.25) is 4.79 Å². The van der Waals surface area contributed by atoms with Crippen LogP contribution in [0, 0.1) is 0 Å². The first-order valence-corrected chi connectivity index (χ1v) is 11.4. The van der Waals surface area contributed by atoms with Crippen LogP contribution in [0.2, 0.25) is 0 Å². The van der Waals surface area contributed by atoms with Crippen LogP contribution in [0.4, 0.5) is 0 Å². The van der Waals surface area contributed by atoms with Crippen molar-refractivity contribution in [3.05, 3.63) is 48.3 Å². The van der Waals surface area contributed by atoms with Crippen LogP contribution < -0.4 is 14.8 Å². The first kappa shape index (κ1) is 26.9. The normalized spacial score (nSPS) is 14.4. The number of aromatic nitrogens is 1. The number of pyridine rings is 1. The van der Waals surface area contributed by atoms with Crippen molar-refractivity contribution >= 4 is 11.9 Å². The highest BCUT2D eigenvalue weighted by molar-refractivity contribution is 5.97. The number of para-hydroxylation sites is 1. The predicted octanol–water partition coefficient (Wildman–Crippen LogP) is 3.50. The van der Waals surface area contributed by atoms with Crippen molar-refractivity contribution in [2.75, 3.05) is 13.7 Å². The molecule has 0 spiro atoms. The third-order valence-electron chi connectivity index (χ3n) is 5.11. The second-order valence-electron chi connectivity index (χ2n) is 7.76. The van der Waals surface area contributed by atoms with Gasteiger partial charge < -0.3 is 29.4 Å². The van der Waals surface area contributed by atoms with Gasteiger partial charge in [-0.05, 0) is 38.8 Å². The van der Waals surface area contributed by atoms with Crippen molar-refractivity contribution < 1.29 is 33.6 Å². The molecule has 1 amide bonds. The highest BCUT2D eigenvalue weighted by Gasteiger charge is 2.33. The number of hydrogen-bond acceptors (Lipinski definition) is 8. The Labute approximate surface area is 200 Å². The molecule has 9 nitrogen and oxygen atoms in total. The minimum Gasteiger partial charge on any atom is -0.503 e. The van der Waals surface area contributed by atoms with Crippen molar-refractivity contribution in [3.8, 4) is 17.2 Å². The smallest absolute Gasteiger partial charge is 0.328 e. The van der Waals surface area contributed by atoms with Gasteiger partial charge in [-0.15, -0.1) is 0 Å². The molecule has 1 heterocycles. The molecular weight excluding hydrogens is 440 g/mol. The van der Waals surface area contributed by atoms with E-state index in [4.69, 9.17) is 18.9 Å². The summed E-state index contributed by atoms with van der Waals surface area (Å²) >= 11 is 0. The molecular formula is C25H34N2O7. The van der Waals surface area contributed by atoms with Crippen LogP contribution >= 0.6 is 0 Å². The Morgan fingerprint density at radius 3 is 2.44 bits per heavy atom. The molecule has 1 unspecified atom stereocenters. The molecule has 9 heteroatoms. The van der Waals surface area contributed by atoms with E-state index in [1.807, 2.05) is 44.2 Å². The van der Waals surface area contributed by atoms with Crippen LogP contribution in [0.1, 0.15) is 51.0 Å². The fourth-order valence-electron chi connectivity index (χ4n) is 3.29. The Hall–Kier alpha value is -3.33. The SMILES string of the molecule is CCCO[C@@H](CC)[C@@H](Oc1ccccc1)[C@H](C)OC(=O)C(C)NC(=O)c1nccc(OC)c1O. The van der Waals surface area contributed by atoms with Gasteiger partial charge in [0.05, 0.1) is 13.2 Å². The molecule has 0 fully saturated rings. The summed E-state index contributed by atoms with van der Waals surface area (Å²) in [5, 5.41) is 12.6. The van der Waals surface area contributed by atoms with Gasteiger partial charge in [0.25, 0.3) is 5.91 Å². The lowest BCUT2D eigenvalue weighted by molar-refractivity contribution is -0.160. The monoisotopic (exact) mass is 474 g/mol. The Morgan fingerprint density at radius 2 is 1.82 bits per heavy atom. The van der Waals surface area contributed by atoms with Crippen LogP contribution in [0.15, 0.2) is 42.6 Å². The second kappa shape index (κ2) is 13.4. The topological polar surface area (TPSA) is 116 Å². The summed E-state index contributed by atoms with van der Waals surface area (Å²) in [4.78, 5) is 29.2. The number of carbonyl (C=O) groups is 2. The van der Waals surface area contributed by atoms with Gasteiger partial charge >= 0.3 is 5.97 Å². The number of nitrogens with one attached hydrogen (secondary N) is 1. The van der Waals surface area contributed by atoms with E-state index in [9.17, 15) is 14.7 Å². The maximum absolute atomic E-state index is 12.8. The second-order valence-corrected chi connectivity index (χ2v) is 7.76. The Bertz CT molecular complexity index is 923. The minimum atomic E-state index is -1.00. The predicted molar refractivity (Wildman–Crippen MR) is 126 cm³/mol. The molecule has 4 atom stereocenters. The summed E-state index contributed by atoms with van der Waals surface area (Å²) in [5.41, 5.74) is -0.253. The first-order valence-electron chi connectivity index (χ1n) is 11.4. The number of esters is 1. The summed E-state index contributed by atoms with van der Waals surface area (Å²) in [6.07, 6.45) is 1.30. The first-order chi connectivity index (χ1) is 16.3. The third kappa shape index (κ3) is 7.34. The third-order valence-corrected chi connectivity index (χ3v) is 5.11. The molecule has 0 aliphatic rings. The van der Waals surface area contributed by atoms with E-state index in [0.29, 0.717) is 18.8 Å². The maximum Gasteiger partial charge on any atom is 0.328 e. The van der Waals surface area contributed by atoms with Gasteiger partial charge in [-0.25, -0.2) is 9.78 Å². The summed E-state index contributed by atoms with van der Waals surface area (Å²) < 4.78 is 22.8. The summed E-state index contributed by atoms with van der Waals surface area (Å²) in [7, 11) is 1.36. The molecule has 186 valence electrons. The lowest BCUT2D eigenvalue weighted by Gasteiger charge is -2.32. The number of ether oxygens (including phenoxy) is 4. The molecule has 0 aliphatic carbocycles. The minimum absolute atomic E-state index is 0.0996. The Kier molecular flexibility index (Phi) is 10.6. The maximum atomic E-state index is 12.8. The standard InChI is InChI=1S/C25H34N2O7/c1-6-15-32-19(7-2)23(34-18-11-9-8-10-12-18)17(4)33-25(30)16(3)27-24(29)21-22(28)20(31-5)13-14-26-21/h8-14,16-17,19,23,28H,6-7,15H2,1-5H3,(H,27,29)/t16?,17-,19-,23-/m0/s1. The van der Waals surface area contributed by atoms with Gasteiger partial charge in [0.2, 0.25) is 0 Å².